The third kappa shape index (κ3) is 5.77. The fraction of sp³-hybridized carbons (Fsp3) is 0.462. The minimum absolute atomic E-state index is 0.00858. The Morgan fingerprint density at radius 3 is 2.47 bits per heavy atom. The normalized spacial score (nSPS) is 12.7. The highest BCUT2D eigenvalue weighted by Crippen LogP contribution is 2.32. The van der Waals surface area contributed by atoms with Crippen molar-refractivity contribution in [1.29, 1.82) is 0 Å². The maximum absolute atomic E-state index is 13.2. The van der Waals surface area contributed by atoms with Crippen LogP contribution in [0.1, 0.15) is 59.6 Å². The van der Waals surface area contributed by atoms with Crippen LogP contribution >= 0.6 is 0 Å². The highest BCUT2D eigenvalue weighted by Gasteiger charge is 2.25. The van der Waals surface area contributed by atoms with Crippen molar-refractivity contribution in [2.24, 2.45) is 10.2 Å². The summed E-state index contributed by atoms with van der Waals surface area (Å²) in [7, 11) is 0. The highest BCUT2D eigenvalue weighted by atomic mass is 16.5. The number of aromatic nitrogens is 2. The van der Waals surface area contributed by atoms with Crippen LogP contribution in [0.3, 0.4) is 0 Å². The summed E-state index contributed by atoms with van der Waals surface area (Å²) in [6.45, 7) is 6.20. The molecule has 0 spiro atoms. The molecule has 12 heteroatoms. The number of aryl methyl sites for hydroxylation is 2. The molecule has 1 saturated heterocycles. The smallest absolute Gasteiger partial charge is 0.357 e. The molecule has 38 heavy (non-hydrogen) atoms. The second-order valence-corrected chi connectivity index (χ2v) is 8.89. The lowest BCUT2D eigenvalue weighted by atomic mass is 9.98. The average Bonchev–Trinajstić information content (AvgIpc) is 3.61. The molecule has 0 radical (unpaired) electrons. The van der Waals surface area contributed by atoms with Crippen molar-refractivity contribution in [3.63, 3.8) is 0 Å². The molecule has 3 aromatic rings. The maximum atomic E-state index is 13.2. The summed E-state index contributed by atoms with van der Waals surface area (Å²) in [5.74, 6) is -0.124. The van der Waals surface area contributed by atoms with Gasteiger partial charge >= 0.3 is 5.97 Å². The fourth-order valence-corrected chi connectivity index (χ4v) is 4.80. The Hall–Kier alpha value is -4.40. The molecule has 3 heterocycles. The van der Waals surface area contributed by atoms with Crippen LogP contribution in [-0.4, -0.2) is 41.6 Å². The zero-order chi connectivity index (χ0) is 26.9. The third-order valence-electron chi connectivity index (χ3n) is 6.68. The van der Waals surface area contributed by atoms with Crippen LogP contribution in [0, 0.1) is 0 Å². The molecule has 1 fully saturated rings. The lowest BCUT2D eigenvalue weighted by Gasteiger charge is -2.20. The molecule has 1 aliphatic heterocycles. The minimum atomic E-state index is -0.650. The van der Waals surface area contributed by atoms with E-state index in [0.717, 1.165) is 50.0 Å². The molecule has 0 unspecified atom stereocenters. The number of imidazole rings is 1. The molecule has 1 aliphatic rings. The molecule has 4 rings (SSSR count). The summed E-state index contributed by atoms with van der Waals surface area (Å²) in [5.41, 5.74) is 22.8. The predicted molar refractivity (Wildman–Crippen MR) is 143 cm³/mol. The van der Waals surface area contributed by atoms with Crippen molar-refractivity contribution in [2.75, 3.05) is 31.1 Å². The molecule has 0 aliphatic carbocycles. The van der Waals surface area contributed by atoms with Gasteiger partial charge in [0.1, 0.15) is 6.61 Å². The Morgan fingerprint density at radius 2 is 1.82 bits per heavy atom. The van der Waals surface area contributed by atoms with Gasteiger partial charge in [-0.1, -0.05) is 42.3 Å². The number of benzene rings is 1. The van der Waals surface area contributed by atoms with E-state index in [1.807, 2.05) is 12.3 Å². The van der Waals surface area contributed by atoms with Crippen molar-refractivity contribution >= 4 is 17.3 Å². The summed E-state index contributed by atoms with van der Waals surface area (Å²) in [5, 5.41) is 7.05. The Balaban J connectivity index is 1.80. The topological polar surface area (TPSA) is 154 Å². The zero-order valence-electron chi connectivity index (χ0n) is 21.7. The number of fused-ring (bicyclic) bond motifs is 1. The molecule has 0 amide bonds. The minimum Gasteiger partial charge on any atom is -0.485 e. The lowest BCUT2D eigenvalue weighted by Crippen LogP contribution is -2.19. The Kier molecular flexibility index (Phi) is 8.92. The first-order valence-electron chi connectivity index (χ1n) is 12.8. The number of pyridine rings is 1. The third-order valence-corrected chi connectivity index (χ3v) is 6.68. The van der Waals surface area contributed by atoms with Crippen molar-refractivity contribution in [1.82, 2.24) is 9.38 Å². The van der Waals surface area contributed by atoms with E-state index in [1.165, 1.54) is 11.1 Å². The number of azide groups is 2. The molecule has 0 N–H and O–H groups in total. The summed E-state index contributed by atoms with van der Waals surface area (Å²) < 4.78 is 13.5. The van der Waals surface area contributed by atoms with E-state index in [9.17, 15) is 4.79 Å². The largest absolute Gasteiger partial charge is 0.485 e. The first-order valence-corrected chi connectivity index (χ1v) is 12.8. The van der Waals surface area contributed by atoms with Gasteiger partial charge < -0.3 is 14.4 Å². The molecular weight excluding hydrogens is 486 g/mol. The summed E-state index contributed by atoms with van der Waals surface area (Å²) in [6.07, 6.45) is 5.79. The van der Waals surface area contributed by atoms with Crippen LogP contribution in [0.2, 0.25) is 0 Å². The molecule has 1 aromatic carbocycles. The van der Waals surface area contributed by atoms with Gasteiger partial charge in [-0.15, -0.1) is 0 Å². The van der Waals surface area contributed by atoms with Gasteiger partial charge in [0.25, 0.3) is 0 Å². The number of carbonyl (C=O) groups excluding carboxylic acids is 1. The number of esters is 1. The number of ether oxygens (including phenoxy) is 2. The lowest BCUT2D eigenvalue weighted by molar-refractivity contribution is 0.0507. The van der Waals surface area contributed by atoms with E-state index in [2.05, 4.69) is 62.0 Å². The summed E-state index contributed by atoms with van der Waals surface area (Å²) in [4.78, 5) is 25.6. The Labute approximate surface area is 220 Å². The predicted octanol–water partition coefficient (Wildman–Crippen LogP) is 5.92. The summed E-state index contributed by atoms with van der Waals surface area (Å²) >= 11 is 0. The number of hydrogen-bond acceptors (Lipinski definition) is 7. The molecule has 2 aromatic heterocycles. The quantitative estimate of drug-likeness (QED) is 0.0959. The van der Waals surface area contributed by atoms with E-state index in [-0.39, 0.29) is 31.1 Å². The fourth-order valence-electron chi connectivity index (χ4n) is 4.80. The molecule has 0 atom stereocenters. The monoisotopic (exact) mass is 517 g/mol. The first kappa shape index (κ1) is 26.7. The van der Waals surface area contributed by atoms with Crippen molar-refractivity contribution in [3.8, 4) is 5.75 Å². The van der Waals surface area contributed by atoms with Crippen LogP contribution in [0.15, 0.2) is 40.7 Å². The van der Waals surface area contributed by atoms with Gasteiger partial charge in [-0.05, 0) is 53.4 Å². The number of carbonyl (C=O) groups is 1. The van der Waals surface area contributed by atoms with Gasteiger partial charge in [-0.3, -0.25) is 4.40 Å². The highest BCUT2D eigenvalue weighted by molar-refractivity contribution is 5.91. The molecular formula is C26H31N9O3. The molecule has 0 saturated carbocycles. The van der Waals surface area contributed by atoms with Gasteiger partial charge in [-0.25, -0.2) is 9.78 Å². The average molecular weight is 518 g/mol. The van der Waals surface area contributed by atoms with Crippen LogP contribution in [0.25, 0.3) is 26.5 Å². The van der Waals surface area contributed by atoms with Gasteiger partial charge in [0.05, 0.1) is 31.1 Å². The Bertz CT molecular complexity index is 1380. The van der Waals surface area contributed by atoms with E-state index >= 15 is 0 Å². The van der Waals surface area contributed by atoms with Gasteiger partial charge in [-0.2, -0.15) is 0 Å². The van der Waals surface area contributed by atoms with Gasteiger partial charge in [0.15, 0.2) is 17.1 Å². The molecule has 0 bridgehead atoms. The van der Waals surface area contributed by atoms with E-state index in [0.29, 0.717) is 18.0 Å². The van der Waals surface area contributed by atoms with Crippen LogP contribution in [0.5, 0.6) is 5.75 Å². The number of nitrogens with zero attached hydrogens (tertiary/aromatic N) is 9. The number of hydrogen-bond donors (Lipinski definition) is 0. The zero-order valence-corrected chi connectivity index (χ0v) is 21.7. The maximum Gasteiger partial charge on any atom is 0.357 e. The van der Waals surface area contributed by atoms with Crippen LogP contribution in [-0.2, 0) is 30.7 Å². The van der Waals surface area contributed by atoms with Gasteiger partial charge in [0.2, 0.25) is 0 Å². The van der Waals surface area contributed by atoms with Crippen molar-refractivity contribution in [3.05, 3.63) is 79.4 Å². The van der Waals surface area contributed by atoms with Gasteiger partial charge in [0, 0.05) is 35.2 Å². The Morgan fingerprint density at radius 1 is 1.11 bits per heavy atom. The van der Waals surface area contributed by atoms with E-state index in [1.54, 1.807) is 4.40 Å². The number of anilines is 1. The molecule has 12 nitrogen and oxygen atoms in total. The van der Waals surface area contributed by atoms with Crippen molar-refractivity contribution in [2.45, 2.75) is 52.7 Å². The summed E-state index contributed by atoms with van der Waals surface area (Å²) in [6, 6.07) is 8.27. The second kappa shape index (κ2) is 12.7. The first-order chi connectivity index (χ1) is 18.6. The van der Waals surface area contributed by atoms with E-state index < -0.39 is 5.97 Å². The van der Waals surface area contributed by atoms with Crippen LogP contribution in [0.4, 0.5) is 5.69 Å². The SMILES string of the molecule is CCc1cccc(CC)c1COc1cc(N2CCCC2)cn2c(C(=O)OCCN=[N+]=[N-])c(CN=[N+]=[N-])nc12. The van der Waals surface area contributed by atoms with Crippen LogP contribution < -0.4 is 9.64 Å². The second-order valence-electron chi connectivity index (χ2n) is 8.89. The number of rotatable bonds is 12. The van der Waals surface area contributed by atoms with Crippen molar-refractivity contribution < 1.29 is 14.3 Å². The standard InChI is InChI=1S/C26H31N9O3/c1-3-18-8-7-9-19(4-2)21(18)17-38-23-14-20(34-11-5-6-12-34)16-35-24(26(36)37-13-10-29-32-27)22(15-30-33-28)31-25(23)35/h7-9,14,16H,3-6,10-13,15,17H2,1-2H3. The van der Waals surface area contributed by atoms with E-state index in [4.69, 9.17) is 20.5 Å². The molecule has 198 valence electrons.